The van der Waals surface area contributed by atoms with E-state index in [1.165, 1.54) is 48.5 Å². The van der Waals surface area contributed by atoms with Gasteiger partial charge in [0.2, 0.25) is 5.91 Å². The number of para-hydroxylation sites is 2. The molecular formula is C33H22FN3O5. The molecule has 1 fully saturated rings. The number of nitro groups is 1. The first-order chi connectivity index (χ1) is 20.3. The molecule has 1 saturated heterocycles. The van der Waals surface area contributed by atoms with Crippen LogP contribution in [-0.4, -0.2) is 34.5 Å². The number of Topliss-reactive ketones (excluding diaryl/α,β-unsaturated/α-hetero) is 2. The lowest BCUT2D eigenvalue weighted by Gasteiger charge is -2.37. The highest BCUT2D eigenvalue weighted by atomic mass is 19.1. The van der Waals surface area contributed by atoms with Crippen molar-refractivity contribution < 1.29 is 23.7 Å². The molecule has 3 heterocycles. The predicted molar refractivity (Wildman–Crippen MR) is 154 cm³/mol. The number of rotatable bonds is 5. The van der Waals surface area contributed by atoms with E-state index >= 15 is 0 Å². The Bertz CT molecular complexity index is 1840. The Balaban J connectivity index is 1.51. The minimum absolute atomic E-state index is 0.163. The molecule has 4 unspecified atom stereocenters. The molecule has 3 aliphatic rings. The first kappa shape index (κ1) is 25.5. The van der Waals surface area contributed by atoms with Crippen LogP contribution in [0.25, 0.3) is 6.08 Å². The third-order valence-corrected chi connectivity index (χ3v) is 8.58. The fourth-order valence-corrected chi connectivity index (χ4v) is 6.83. The van der Waals surface area contributed by atoms with Gasteiger partial charge in [0.05, 0.1) is 16.9 Å². The van der Waals surface area contributed by atoms with Crippen molar-refractivity contribution in [2.75, 3.05) is 10.2 Å². The van der Waals surface area contributed by atoms with Gasteiger partial charge in [-0.15, -0.1) is 0 Å². The first-order valence-corrected chi connectivity index (χ1v) is 13.4. The first-order valence-electron chi connectivity index (χ1n) is 13.4. The maximum atomic E-state index is 14.6. The van der Waals surface area contributed by atoms with E-state index in [4.69, 9.17) is 0 Å². The van der Waals surface area contributed by atoms with Gasteiger partial charge in [-0.3, -0.25) is 24.5 Å². The molecule has 4 aromatic carbocycles. The van der Waals surface area contributed by atoms with E-state index < -0.39 is 51.6 Å². The molecule has 8 nitrogen and oxygen atoms in total. The normalized spacial score (nSPS) is 23.2. The summed E-state index contributed by atoms with van der Waals surface area (Å²) >= 11 is 0. The number of benzene rings is 4. The minimum Gasteiger partial charge on any atom is -0.352 e. The SMILES string of the molecule is O=C(c1ccc([N+](=O)[O-])cc1)C1C(C(=O)c2ccc(F)cc2)C2(C(=O)Nc3ccccc32)C2C=Cc3ccccc3N12. The number of halogens is 1. The van der Waals surface area contributed by atoms with E-state index in [-0.39, 0.29) is 16.8 Å². The summed E-state index contributed by atoms with van der Waals surface area (Å²) in [6, 6.07) is 23.0. The number of carbonyl (C=O) groups is 3. The smallest absolute Gasteiger partial charge is 0.269 e. The number of fused-ring (bicyclic) bond motifs is 6. The molecule has 206 valence electrons. The number of nitrogens with zero attached hydrogens (tertiary/aromatic N) is 2. The van der Waals surface area contributed by atoms with E-state index in [9.17, 15) is 28.9 Å². The van der Waals surface area contributed by atoms with Gasteiger partial charge in [0, 0.05) is 34.6 Å². The Morgan fingerprint density at radius 3 is 2.24 bits per heavy atom. The summed E-state index contributed by atoms with van der Waals surface area (Å²) in [4.78, 5) is 56.1. The number of amides is 1. The molecule has 9 heteroatoms. The van der Waals surface area contributed by atoms with E-state index in [0.717, 1.165) is 5.56 Å². The number of ketones is 2. The van der Waals surface area contributed by atoms with Gasteiger partial charge in [0.1, 0.15) is 17.3 Å². The lowest BCUT2D eigenvalue weighted by Crippen LogP contribution is -2.51. The van der Waals surface area contributed by atoms with Crippen molar-refractivity contribution in [1.29, 1.82) is 0 Å². The van der Waals surface area contributed by atoms with Crippen molar-refractivity contribution in [1.82, 2.24) is 0 Å². The fourth-order valence-electron chi connectivity index (χ4n) is 6.83. The molecule has 0 aromatic heterocycles. The Labute approximate surface area is 239 Å². The van der Waals surface area contributed by atoms with Gasteiger partial charge in [0.25, 0.3) is 5.69 Å². The number of hydrogen-bond acceptors (Lipinski definition) is 6. The number of carbonyl (C=O) groups excluding carboxylic acids is 3. The molecule has 4 aromatic rings. The lowest BCUT2D eigenvalue weighted by atomic mass is 9.64. The average molecular weight is 560 g/mol. The standard InChI is InChI=1S/C33H22FN3O5/c34-22-14-9-20(10-15-22)30(38)28-29(31(39)21-11-16-23(17-12-21)37(41)42)36-26-8-4-1-5-19(26)13-18-27(36)33(28)24-6-2-3-7-25(24)35-32(33)40/h1-18,27-29H,(H,35,40). The Morgan fingerprint density at radius 2 is 1.50 bits per heavy atom. The highest BCUT2D eigenvalue weighted by Crippen LogP contribution is 2.58. The van der Waals surface area contributed by atoms with Crippen LogP contribution in [-0.2, 0) is 10.2 Å². The molecule has 1 amide bonds. The summed E-state index contributed by atoms with van der Waals surface area (Å²) in [6.07, 6.45) is 3.75. The second kappa shape index (κ2) is 9.31. The molecule has 42 heavy (non-hydrogen) atoms. The van der Waals surface area contributed by atoms with Crippen LogP contribution in [0.15, 0.2) is 103 Å². The molecule has 0 saturated carbocycles. The Hall–Kier alpha value is -5.44. The minimum atomic E-state index is -1.51. The summed E-state index contributed by atoms with van der Waals surface area (Å²) in [5, 5.41) is 14.3. The molecule has 0 radical (unpaired) electrons. The van der Waals surface area contributed by atoms with Crippen LogP contribution in [0.5, 0.6) is 0 Å². The maximum Gasteiger partial charge on any atom is 0.269 e. The third-order valence-electron chi connectivity index (χ3n) is 8.58. The van der Waals surface area contributed by atoms with E-state index in [0.29, 0.717) is 16.9 Å². The molecule has 0 bridgehead atoms. The second-order valence-corrected chi connectivity index (χ2v) is 10.6. The monoisotopic (exact) mass is 559 g/mol. The summed E-state index contributed by atoms with van der Waals surface area (Å²) in [6.45, 7) is 0. The highest BCUT2D eigenvalue weighted by Gasteiger charge is 2.70. The summed E-state index contributed by atoms with van der Waals surface area (Å²) in [5.74, 6) is -3.11. The van der Waals surface area contributed by atoms with E-state index in [1.807, 2.05) is 41.3 Å². The quantitative estimate of drug-likeness (QED) is 0.194. The molecular weight excluding hydrogens is 537 g/mol. The van der Waals surface area contributed by atoms with Crippen LogP contribution < -0.4 is 10.2 Å². The van der Waals surface area contributed by atoms with Gasteiger partial charge in [-0.25, -0.2) is 4.39 Å². The van der Waals surface area contributed by atoms with Crippen molar-refractivity contribution in [3.8, 4) is 0 Å². The summed E-state index contributed by atoms with van der Waals surface area (Å²) < 4.78 is 13.9. The van der Waals surface area contributed by atoms with Gasteiger partial charge in [-0.1, -0.05) is 48.6 Å². The van der Waals surface area contributed by atoms with Gasteiger partial charge in [-0.05, 0) is 59.7 Å². The second-order valence-electron chi connectivity index (χ2n) is 10.6. The van der Waals surface area contributed by atoms with Crippen LogP contribution in [0.3, 0.4) is 0 Å². The molecule has 1 N–H and O–H groups in total. The summed E-state index contributed by atoms with van der Waals surface area (Å²) in [7, 11) is 0. The van der Waals surface area contributed by atoms with Crippen molar-refractivity contribution >= 4 is 40.6 Å². The predicted octanol–water partition coefficient (Wildman–Crippen LogP) is 5.59. The molecule has 7 rings (SSSR count). The van der Waals surface area contributed by atoms with Gasteiger partial charge >= 0.3 is 0 Å². The topological polar surface area (TPSA) is 110 Å². The zero-order chi connectivity index (χ0) is 29.2. The number of nitrogens with one attached hydrogen (secondary N) is 1. The van der Waals surface area contributed by atoms with Crippen LogP contribution >= 0.6 is 0 Å². The number of nitro benzene ring substituents is 1. The van der Waals surface area contributed by atoms with E-state index in [1.54, 1.807) is 24.3 Å². The molecule has 1 spiro atoms. The van der Waals surface area contributed by atoms with Gasteiger partial charge in [0.15, 0.2) is 11.6 Å². The van der Waals surface area contributed by atoms with Crippen LogP contribution in [0.4, 0.5) is 21.5 Å². The van der Waals surface area contributed by atoms with Crippen molar-refractivity contribution in [2.45, 2.75) is 17.5 Å². The number of hydrogen-bond donors (Lipinski definition) is 1. The summed E-state index contributed by atoms with van der Waals surface area (Å²) in [5.41, 5.74) is 1.27. The third kappa shape index (κ3) is 3.49. The average Bonchev–Trinajstić information content (AvgIpc) is 3.49. The van der Waals surface area contributed by atoms with Gasteiger partial charge in [-0.2, -0.15) is 0 Å². The van der Waals surface area contributed by atoms with Crippen LogP contribution in [0, 0.1) is 21.8 Å². The van der Waals surface area contributed by atoms with E-state index in [2.05, 4.69) is 5.32 Å². The number of non-ortho nitro benzene ring substituents is 1. The lowest BCUT2D eigenvalue weighted by molar-refractivity contribution is -0.384. The molecule has 3 aliphatic heterocycles. The van der Waals surface area contributed by atoms with Crippen molar-refractivity contribution in [3.63, 3.8) is 0 Å². The fraction of sp³-hybridized carbons (Fsp3) is 0.121. The van der Waals surface area contributed by atoms with Crippen molar-refractivity contribution in [3.05, 3.63) is 141 Å². The molecule has 4 atom stereocenters. The van der Waals surface area contributed by atoms with Crippen LogP contribution in [0.2, 0.25) is 0 Å². The molecule has 0 aliphatic carbocycles. The number of anilines is 2. The van der Waals surface area contributed by atoms with Gasteiger partial charge < -0.3 is 10.2 Å². The Morgan fingerprint density at radius 1 is 0.857 bits per heavy atom. The zero-order valence-corrected chi connectivity index (χ0v) is 21.9. The van der Waals surface area contributed by atoms with Crippen molar-refractivity contribution in [2.24, 2.45) is 5.92 Å². The Kier molecular flexibility index (Phi) is 5.65. The highest BCUT2D eigenvalue weighted by molar-refractivity contribution is 6.18. The zero-order valence-electron chi connectivity index (χ0n) is 21.9. The largest absolute Gasteiger partial charge is 0.352 e. The van der Waals surface area contributed by atoms with Crippen LogP contribution in [0.1, 0.15) is 31.8 Å². The maximum absolute atomic E-state index is 14.6.